The van der Waals surface area contributed by atoms with Gasteiger partial charge in [0.1, 0.15) is 17.7 Å². The fraction of sp³-hybridized carbons (Fsp3) is 0.378. The highest BCUT2D eigenvalue weighted by molar-refractivity contribution is 5.87. The number of methoxy groups -OCH3 is 2. The number of alkyl carbamates (subject to hydrolysis) is 2. The summed E-state index contributed by atoms with van der Waals surface area (Å²) in [5.74, 6) is 1.08. The Morgan fingerprint density at radius 2 is 1.17 bits per heavy atom. The molecule has 59 heavy (non-hydrogen) atoms. The summed E-state index contributed by atoms with van der Waals surface area (Å²) in [4.78, 5) is 72.1. The Labute approximate surface area is 343 Å². The van der Waals surface area contributed by atoms with Crippen molar-refractivity contribution >= 4 is 24.0 Å². The number of hydrogen-bond acceptors (Lipinski definition) is 8. The number of aromatic amines is 2. The van der Waals surface area contributed by atoms with Crippen LogP contribution in [0.5, 0.6) is 0 Å². The number of carbonyl (C=O) groups excluding carboxylic acids is 4. The number of amides is 4. The Morgan fingerprint density at radius 1 is 0.644 bits per heavy atom. The van der Waals surface area contributed by atoms with E-state index in [9.17, 15) is 19.2 Å². The maximum Gasteiger partial charge on any atom is 0.407 e. The third-order valence-corrected chi connectivity index (χ3v) is 12.0. The number of nitrogens with zero attached hydrogens (tertiary/aromatic N) is 4. The van der Waals surface area contributed by atoms with E-state index in [2.05, 4.69) is 69.1 Å². The van der Waals surface area contributed by atoms with Crippen molar-refractivity contribution in [2.24, 2.45) is 5.92 Å². The van der Waals surface area contributed by atoms with Gasteiger partial charge >= 0.3 is 12.2 Å². The van der Waals surface area contributed by atoms with Crippen molar-refractivity contribution in [3.8, 4) is 33.6 Å². The van der Waals surface area contributed by atoms with Crippen LogP contribution in [0.2, 0.25) is 0 Å². The molecular formula is C45H50N8O6. The first-order valence-corrected chi connectivity index (χ1v) is 20.5. The van der Waals surface area contributed by atoms with E-state index in [1.807, 2.05) is 41.4 Å². The lowest BCUT2D eigenvalue weighted by atomic mass is 9.83. The van der Waals surface area contributed by atoms with Gasteiger partial charge in [-0.1, -0.05) is 91.7 Å². The number of ether oxygens (including phenoxy) is 2. The van der Waals surface area contributed by atoms with Crippen molar-refractivity contribution < 1.29 is 28.7 Å². The summed E-state index contributed by atoms with van der Waals surface area (Å²) >= 11 is 0. The van der Waals surface area contributed by atoms with Gasteiger partial charge < -0.3 is 39.9 Å². The lowest BCUT2D eigenvalue weighted by Crippen LogP contribution is -2.49. The molecule has 306 valence electrons. The second-order valence-corrected chi connectivity index (χ2v) is 15.5. The molecule has 3 aliphatic rings. The minimum absolute atomic E-state index is 0.0749. The molecule has 3 aromatic carbocycles. The third-order valence-electron chi connectivity index (χ3n) is 12.0. The number of imidazole rings is 2. The molecule has 2 saturated heterocycles. The zero-order valence-corrected chi connectivity index (χ0v) is 33.4. The SMILES string of the molecule is COC(=O)N[C@H](C(=O)N1CCC[C@H]1c1ncc(-c2ccc(-c3ccc(-c4cnc([C@@H]5CCCN5C(=O)[C@H]5CCCC[C@H]5NC(=O)OC)[nH]4)cc3)cc2)[nH]1)c1ccccc1. The first kappa shape index (κ1) is 39.4. The lowest BCUT2D eigenvalue weighted by molar-refractivity contribution is -0.138. The number of rotatable bonds is 10. The number of aromatic nitrogens is 4. The molecule has 1 aliphatic carbocycles. The molecular weight excluding hydrogens is 749 g/mol. The van der Waals surface area contributed by atoms with Crippen LogP contribution in [0, 0.1) is 5.92 Å². The van der Waals surface area contributed by atoms with Gasteiger partial charge in [-0.25, -0.2) is 19.6 Å². The van der Waals surface area contributed by atoms with Crippen LogP contribution in [0.1, 0.15) is 86.7 Å². The van der Waals surface area contributed by atoms with E-state index in [1.165, 1.54) is 14.2 Å². The van der Waals surface area contributed by atoms with E-state index in [-0.39, 0.29) is 35.9 Å². The fourth-order valence-corrected chi connectivity index (χ4v) is 8.92. The Bertz CT molecular complexity index is 2260. The van der Waals surface area contributed by atoms with Crippen LogP contribution < -0.4 is 10.6 Å². The summed E-state index contributed by atoms with van der Waals surface area (Å²) in [5.41, 5.74) is 6.51. The second-order valence-electron chi connectivity index (χ2n) is 15.5. The monoisotopic (exact) mass is 798 g/mol. The Kier molecular flexibility index (Phi) is 11.7. The van der Waals surface area contributed by atoms with Crippen LogP contribution in [-0.2, 0) is 19.1 Å². The quantitative estimate of drug-likeness (QED) is 0.113. The molecule has 5 aromatic rings. The molecule has 5 atom stereocenters. The average molecular weight is 799 g/mol. The minimum Gasteiger partial charge on any atom is -0.453 e. The molecule has 8 rings (SSSR count). The highest BCUT2D eigenvalue weighted by atomic mass is 16.5. The normalized spacial score (nSPS) is 20.8. The molecule has 0 bridgehead atoms. The van der Waals surface area contributed by atoms with Crippen molar-refractivity contribution in [1.29, 1.82) is 0 Å². The van der Waals surface area contributed by atoms with Crippen molar-refractivity contribution in [2.75, 3.05) is 27.3 Å². The lowest BCUT2D eigenvalue weighted by Gasteiger charge is -2.35. The van der Waals surface area contributed by atoms with Gasteiger partial charge in [0.15, 0.2) is 0 Å². The zero-order chi connectivity index (χ0) is 40.9. The first-order valence-electron chi connectivity index (χ1n) is 20.5. The van der Waals surface area contributed by atoms with Gasteiger partial charge in [0, 0.05) is 19.1 Å². The van der Waals surface area contributed by atoms with Gasteiger partial charge in [-0.2, -0.15) is 0 Å². The van der Waals surface area contributed by atoms with Crippen LogP contribution in [0.4, 0.5) is 9.59 Å². The predicted octanol–water partition coefficient (Wildman–Crippen LogP) is 7.47. The van der Waals surface area contributed by atoms with Crippen molar-refractivity contribution in [3.05, 3.63) is 108 Å². The van der Waals surface area contributed by atoms with Crippen LogP contribution in [0.3, 0.4) is 0 Å². The minimum atomic E-state index is -0.878. The highest BCUT2D eigenvalue weighted by Gasteiger charge is 2.40. The van der Waals surface area contributed by atoms with Crippen LogP contribution in [-0.4, -0.2) is 87.1 Å². The number of carbonyl (C=O) groups is 4. The standard InChI is InChI=1S/C45H50N8O6/c1-58-44(56)50-34-13-7-6-12-33(34)42(54)52-24-8-14-37(52)40-46-26-35(48-40)30-20-16-28(17-21-30)29-18-22-31(23-19-29)36-27-47-41(49-36)38-15-9-25-53(38)43(55)39(51-45(57)59-2)32-10-4-3-5-11-32/h3-5,10-11,16-23,26-27,33-34,37-39H,6-9,12-15,24-25H2,1-2H3,(H,46,48)(H,47,49)(H,50,56)(H,51,57)/t33-,34+,37-,38-,39-/m0/s1. The summed E-state index contributed by atoms with van der Waals surface area (Å²) in [5, 5.41) is 5.61. The van der Waals surface area contributed by atoms with Crippen LogP contribution in [0.15, 0.2) is 91.3 Å². The maximum atomic E-state index is 13.9. The van der Waals surface area contributed by atoms with E-state index >= 15 is 0 Å². The molecule has 0 radical (unpaired) electrons. The number of hydrogen-bond donors (Lipinski definition) is 4. The first-order chi connectivity index (χ1) is 28.8. The summed E-state index contributed by atoms with van der Waals surface area (Å²) in [6, 6.07) is 24.3. The number of benzene rings is 3. The summed E-state index contributed by atoms with van der Waals surface area (Å²) in [6.07, 6.45) is 9.23. The maximum absolute atomic E-state index is 13.9. The molecule has 2 aliphatic heterocycles. The topological polar surface area (TPSA) is 175 Å². The summed E-state index contributed by atoms with van der Waals surface area (Å²) in [7, 11) is 2.63. The molecule has 14 heteroatoms. The van der Waals surface area contributed by atoms with Crippen LogP contribution >= 0.6 is 0 Å². The van der Waals surface area contributed by atoms with E-state index in [1.54, 1.807) is 11.1 Å². The smallest absolute Gasteiger partial charge is 0.407 e. The van der Waals surface area contributed by atoms with Crippen molar-refractivity contribution in [2.45, 2.75) is 75.5 Å². The van der Waals surface area contributed by atoms with Gasteiger partial charge in [-0.05, 0) is 66.3 Å². The molecule has 0 spiro atoms. The van der Waals surface area contributed by atoms with Crippen LogP contribution in [0.25, 0.3) is 33.6 Å². The molecule has 14 nitrogen and oxygen atoms in total. The Morgan fingerprint density at radius 3 is 1.75 bits per heavy atom. The predicted molar refractivity (Wildman–Crippen MR) is 220 cm³/mol. The summed E-state index contributed by atoms with van der Waals surface area (Å²) < 4.78 is 9.66. The van der Waals surface area contributed by atoms with Gasteiger partial charge in [0.05, 0.1) is 56.0 Å². The number of H-pyrrole nitrogens is 2. The number of nitrogens with one attached hydrogen (secondary N) is 4. The van der Waals surface area contributed by atoms with Gasteiger partial charge in [0.25, 0.3) is 5.91 Å². The molecule has 4 N–H and O–H groups in total. The largest absolute Gasteiger partial charge is 0.453 e. The molecule has 0 unspecified atom stereocenters. The van der Waals surface area contributed by atoms with Crippen molar-refractivity contribution in [3.63, 3.8) is 0 Å². The summed E-state index contributed by atoms with van der Waals surface area (Å²) in [6.45, 7) is 1.23. The molecule has 1 saturated carbocycles. The Hall–Kier alpha value is -6.44. The second kappa shape index (κ2) is 17.6. The molecule has 3 fully saturated rings. The Balaban J connectivity index is 0.915. The third kappa shape index (κ3) is 8.43. The fourth-order valence-electron chi connectivity index (χ4n) is 8.92. The number of likely N-dealkylation sites (tertiary alicyclic amines) is 2. The van der Waals surface area contributed by atoms with E-state index in [0.29, 0.717) is 24.5 Å². The zero-order valence-electron chi connectivity index (χ0n) is 33.4. The molecule has 4 amide bonds. The van der Waals surface area contributed by atoms with Gasteiger partial charge in [-0.15, -0.1) is 0 Å². The highest BCUT2D eigenvalue weighted by Crippen LogP contribution is 2.37. The molecule has 4 heterocycles. The van der Waals surface area contributed by atoms with Gasteiger partial charge in [0.2, 0.25) is 5.91 Å². The van der Waals surface area contributed by atoms with Crippen molar-refractivity contribution in [1.82, 2.24) is 40.4 Å². The van der Waals surface area contributed by atoms with Gasteiger partial charge in [-0.3, -0.25) is 9.59 Å². The van der Waals surface area contributed by atoms with E-state index < -0.39 is 18.2 Å². The van der Waals surface area contributed by atoms with E-state index in [4.69, 9.17) is 19.4 Å². The molecule has 2 aromatic heterocycles. The van der Waals surface area contributed by atoms with E-state index in [0.717, 1.165) is 90.8 Å². The average Bonchev–Trinajstić information content (AvgIpc) is 4.13.